The van der Waals surface area contributed by atoms with E-state index in [1.165, 1.54) is 11.0 Å². The van der Waals surface area contributed by atoms with Crippen LogP contribution < -0.4 is 0 Å². The van der Waals surface area contributed by atoms with Crippen LogP contribution in [0.4, 0.5) is 4.79 Å². The number of pyridine rings is 1. The monoisotopic (exact) mass is 454 g/mol. The zero-order valence-corrected chi connectivity index (χ0v) is 18.4. The molecule has 0 bridgehead atoms. The second kappa shape index (κ2) is 8.87. The zero-order valence-electron chi connectivity index (χ0n) is 18.4. The Labute approximate surface area is 190 Å². The van der Waals surface area contributed by atoms with Crippen LogP contribution in [0.1, 0.15) is 31.4 Å². The Morgan fingerprint density at radius 3 is 2.64 bits per heavy atom. The fourth-order valence-electron chi connectivity index (χ4n) is 4.65. The van der Waals surface area contributed by atoms with Crippen LogP contribution in [0.5, 0.6) is 0 Å². The van der Waals surface area contributed by atoms with E-state index in [-0.39, 0.29) is 24.6 Å². The predicted octanol–water partition coefficient (Wildman–Crippen LogP) is 0.124. The molecule has 1 N–H and O–H groups in total. The van der Waals surface area contributed by atoms with Gasteiger partial charge in [-0.2, -0.15) is 4.68 Å². The highest BCUT2D eigenvalue weighted by Crippen LogP contribution is 2.28. The molecule has 12 heteroatoms. The third kappa shape index (κ3) is 4.18. The number of tetrazole rings is 1. The van der Waals surface area contributed by atoms with Crippen molar-refractivity contribution in [2.45, 2.75) is 31.9 Å². The summed E-state index contributed by atoms with van der Waals surface area (Å²) in [7, 11) is 0. The van der Waals surface area contributed by atoms with E-state index < -0.39 is 6.10 Å². The number of cyclic esters (lactones) is 1. The Hall–Kier alpha value is -3.38. The van der Waals surface area contributed by atoms with Crippen molar-refractivity contribution < 1.29 is 19.4 Å². The minimum absolute atomic E-state index is 0.0464. The summed E-state index contributed by atoms with van der Waals surface area (Å²) in [6, 6.07) is 3.71. The molecule has 2 amide bonds. The van der Waals surface area contributed by atoms with Crippen molar-refractivity contribution in [2.75, 3.05) is 39.3 Å². The first-order valence-corrected chi connectivity index (χ1v) is 11.1. The normalized spacial score (nSPS) is 21.3. The number of nitrogens with zero attached hydrogens (tertiary/aromatic N) is 8. The average Bonchev–Trinajstić information content (AvgIpc) is 3.57. The molecule has 0 aromatic carbocycles. The van der Waals surface area contributed by atoms with Crippen LogP contribution >= 0.6 is 0 Å². The molecule has 3 aliphatic rings. The van der Waals surface area contributed by atoms with E-state index in [0.29, 0.717) is 36.7 Å². The van der Waals surface area contributed by atoms with E-state index in [0.717, 1.165) is 31.5 Å². The van der Waals surface area contributed by atoms with Crippen LogP contribution in [0.3, 0.4) is 0 Å². The number of piperidine rings is 1. The van der Waals surface area contributed by atoms with E-state index in [2.05, 4.69) is 25.4 Å². The number of amides is 2. The molecule has 0 saturated carbocycles. The van der Waals surface area contributed by atoms with Gasteiger partial charge in [-0.3, -0.25) is 4.90 Å². The van der Waals surface area contributed by atoms with Crippen LogP contribution in [0, 0.1) is 0 Å². The van der Waals surface area contributed by atoms with Gasteiger partial charge in [0.2, 0.25) is 0 Å². The number of aliphatic hydroxyl groups excluding tert-OH is 1. The fourth-order valence-corrected chi connectivity index (χ4v) is 4.65. The van der Waals surface area contributed by atoms with Gasteiger partial charge in [-0.1, -0.05) is 6.07 Å². The lowest BCUT2D eigenvalue weighted by Gasteiger charge is -2.37. The molecule has 5 rings (SSSR count). The van der Waals surface area contributed by atoms with E-state index >= 15 is 0 Å². The highest BCUT2D eigenvalue weighted by atomic mass is 16.5. The molecule has 0 radical (unpaired) electrons. The van der Waals surface area contributed by atoms with Crippen molar-refractivity contribution >= 4 is 12.0 Å². The molecule has 2 fully saturated rings. The van der Waals surface area contributed by atoms with Gasteiger partial charge in [0.15, 0.2) is 5.82 Å². The molecule has 1 atom stereocenters. The summed E-state index contributed by atoms with van der Waals surface area (Å²) in [6.07, 6.45) is 4.13. The number of ether oxygens (including phenoxy) is 1. The smallest absolute Gasteiger partial charge is 0.336 e. The van der Waals surface area contributed by atoms with Gasteiger partial charge in [0.1, 0.15) is 12.9 Å². The van der Waals surface area contributed by atoms with Gasteiger partial charge >= 0.3 is 12.0 Å². The molecule has 5 heterocycles. The summed E-state index contributed by atoms with van der Waals surface area (Å²) in [6.45, 7) is 5.21. The number of rotatable bonds is 6. The predicted molar refractivity (Wildman–Crippen MR) is 114 cm³/mol. The Balaban J connectivity index is 1.13. The van der Waals surface area contributed by atoms with E-state index in [4.69, 9.17) is 4.74 Å². The number of carbonyl (C=O) groups excluding carboxylic acids is 2. The van der Waals surface area contributed by atoms with Crippen LogP contribution in [-0.2, 0) is 9.53 Å². The first-order chi connectivity index (χ1) is 16.0. The number of hydrogen-bond acceptors (Lipinski definition) is 9. The van der Waals surface area contributed by atoms with Crippen LogP contribution in [-0.4, -0.2) is 102 Å². The number of β-amino-alcohol motifs (C(OH)–C–C–N with tert-alkyl or cyclic N) is 1. The van der Waals surface area contributed by atoms with Gasteiger partial charge in [0, 0.05) is 50.5 Å². The first-order valence-electron chi connectivity index (χ1n) is 11.1. The standard InChI is InChI=1S/C21H26N8O4/c1-14-17(12-33-20(14)31)28-9-8-27(21(28)32)16-4-6-26(7-5-16)11-18(30)15-2-3-19(22-10-15)29-13-23-24-25-29/h2-3,10,13,16,18,30H,4-9,11-12H2,1H3/t18-/m0/s1. The maximum atomic E-state index is 13.0. The highest BCUT2D eigenvalue weighted by Gasteiger charge is 2.39. The number of aromatic nitrogens is 5. The summed E-state index contributed by atoms with van der Waals surface area (Å²) in [5, 5.41) is 21.7. The molecule has 2 aromatic rings. The lowest BCUT2D eigenvalue weighted by molar-refractivity contribution is -0.136. The third-order valence-corrected chi connectivity index (χ3v) is 6.61. The second-order valence-corrected chi connectivity index (χ2v) is 8.53. The van der Waals surface area contributed by atoms with Gasteiger partial charge in [-0.25, -0.2) is 14.6 Å². The van der Waals surface area contributed by atoms with E-state index in [9.17, 15) is 14.7 Å². The van der Waals surface area contributed by atoms with Crippen molar-refractivity contribution in [3.8, 4) is 5.82 Å². The molecule has 12 nitrogen and oxygen atoms in total. The number of esters is 1. The molecule has 2 aromatic heterocycles. The average molecular weight is 454 g/mol. The highest BCUT2D eigenvalue weighted by molar-refractivity contribution is 5.92. The summed E-state index contributed by atoms with van der Waals surface area (Å²) >= 11 is 0. The second-order valence-electron chi connectivity index (χ2n) is 8.53. The van der Waals surface area contributed by atoms with Crippen LogP contribution in [0.25, 0.3) is 5.82 Å². The molecule has 0 aliphatic carbocycles. The number of urea groups is 1. The minimum atomic E-state index is -0.657. The quantitative estimate of drug-likeness (QED) is 0.605. The Bertz CT molecular complexity index is 1050. The molecule has 174 valence electrons. The minimum Gasteiger partial charge on any atom is -0.456 e. The molecule has 2 saturated heterocycles. The number of carbonyl (C=O) groups is 2. The maximum Gasteiger partial charge on any atom is 0.336 e. The zero-order chi connectivity index (χ0) is 22.9. The van der Waals surface area contributed by atoms with Crippen molar-refractivity contribution in [1.82, 2.24) is 39.9 Å². The summed E-state index contributed by atoms with van der Waals surface area (Å²) in [5.74, 6) is 0.240. The summed E-state index contributed by atoms with van der Waals surface area (Å²) in [4.78, 5) is 34.8. The van der Waals surface area contributed by atoms with Gasteiger partial charge in [0.25, 0.3) is 0 Å². The lowest BCUT2D eigenvalue weighted by Crippen LogP contribution is -2.47. The summed E-state index contributed by atoms with van der Waals surface area (Å²) < 4.78 is 6.52. The fraction of sp³-hybridized carbons (Fsp3) is 0.524. The topological polar surface area (TPSA) is 130 Å². The summed E-state index contributed by atoms with van der Waals surface area (Å²) in [5.41, 5.74) is 1.94. The largest absolute Gasteiger partial charge is 0.456 e. The van der Waals surface area contributed by atoms with Crippen LogP contribution in [0.2, 0.25) is 0 Å². The van der Waals surface area contributed by atoms with Gasteiger partial charge in [-0.05, 0) is 36.3 Å². The molecule has 0 unspecified atom stereocenters. The molecule has 0 spiro atoms. The Morgan fingerprint density at radius 1 is 1.18 bits per heavy atom. The van der Waals surface area contributed by atoms with Gasteiger partial charge in [0.05, 0.1) is 17.4 Å². The third-order valence-electron chi connectivity index (χ3n) is 6.61. The first kappa shape index (κ1) is 21.5. The van der Waals surface area contributed by atoms with Gasteiger partial charge < -0.3 is 19.6 Å². The maximum absolute atomic E-state index is 13.0. The Morgan fingerprint density at radius 2 is 2.00 bits per heavy atom. The van der Waals surface area contributed by atoms with Gasteiger partial charge in [-0.15, -0.1) is 5.10 Å². The number of likely N-dealkylation sites (tertiary alicyclic amines) is 1. The van der Waals surface area contributed by atoms with E-state index in [1.54, 1.807) is 24.1 Å². The molecule has 33 heavy (non-hydrogen) atoms. The van der Waals surface area contributed by atoms with Crippen LogP contribution in [0.15, 0.2) is 35.9 Å². The number of aliphatic hydroxyl groups is 1. The molecule has 3 aliphatic heterocycles. The van der Waals surface area contributed by atoms with E-state index in [1.807, 2.05) is 11.0 Å². The number of hydrogen-bond donors (Lipinski definition) is 1. The van der Waals surface area contributed by atoms with Crippen molar-refractivity contribution in [1.29, 1.82) is 0 Å². The SMILES string of the molecule is CC1=C(N2CCN(C3CCN(C[C@H](O)c4ccc(-n5cnnn5)nc4)CC3)C2=O)COC1=O. The molecular weight excluding hydrogens is 428 g/mol. The molecular formula is C21H26N8O4. The lowest BCUT2D eigenvalue weighted by atomic mass is 10.0. The van der Waals surface area contributed by atoms with Crippen molar-refractivity contribution in [3.63, 3.8) is 0 Å². The van der Waals surface area contributed by atoms with Crippen molar-refractivity contribution in [3.05, 3.63) is 41.5 Å². The Kier molecular flexibility index (Phi) is 5.77. The van der Waals surface area contributed by atoms with Crippen molar-refractivity contribution in [2.24, 2.45) is 0 Å².